The Labute approximate surface area is 229 Å². The molecule has 0 atom stereocenters. The van der Waals surface area contributed by atoms with Crippen LogP contribution in [0.1, 0.15) is 38.5 Å². The maximum absolute atomic E-state index is 12.7. The van der Waals surface area contributed by atoms with Gasteiger partial charge in [-0.05, 0) is 71.0 Å². The van der Waals surface area contributed by atoms with Gasteiger partial charge in [-0.1, -0.05) is 31.4 Å². The fourth-order valence-corrected chi connectivity index (χ4v) is 6.41. The van der Waals surface area contributed by atoms with E-state index >= 15 is 0 Å². The van der Waals surface area contributed by atoms with Crippen molar-refractivity contribution in [2.75, 3.05) is 5.32 Å². The number of aromatic nitrogens is 5. The second-order valence-electron chi connectivity index (χ2n) is 10.4. The van der Waals surface area contributed by atoms with Gasteiger partial charge in [0.05, 0.1) is 17.6 Å². The molecule has 8 heteroatoms. The lowest BCUT2D eigenvalue weighted by Crippen LogP contribution is -2.18. The summed E-state index contributed by atoms with van der Waals surface area (Å²) in [6.45, 7) is 0. The van der Waals surface area contributed by atoms with Crippen LogP contribution < -0.4 is 5.32 Å². The molecule has 5 aromatic heterocycles. The molecule has 1 fully saturated rings. The second-order valence-corrected chi connectivity index (χ2v) is 11.2. The van der Waals surface area contributed by atoms with Gasteiger partial charge in [0.15, 0.2) is 5.65 Å². The summed E-state index contributed by atoms with van der Waals surface area (Å²) in [7, 11) is 0. The molecule has 1 saturated carbocycles. The first kappa shape index (κ1) is 23.8. The van der Waals surface area contributed by atoms with Gasteiger partial charge in [-0.15, -0.1) is 0 Å². The molecule has 0 unspecified atom stereocenters. The third kappa shape index (κ3) is 4.72. The van der Waals surface area contributed by atoms with Crippen LogP contribution in [0.4, 0.5) is 5.69 Å². The van der Waals surface area contributed by atoms with Crippen molar-refractivity contribution in [1.82, 2.24) is 25.1 Å². The molecule has 6 aromatic rings. The molecule has 3 N–H and O–H groups in total. The van der Waals surface area contributed by atoms with Gasteiger partial charge in [0.25, 0.3) is 0 Å². The number of hydrogen-bond acceptors (Lipinski definition) is 5. The molecule has 0 saturated heterocycles. The lowest BCUT2D eigenvalue weighted by atomic mass is 9.87. The fraction of sp³-hybridized carbons (Fsp3) is 0.226. The number of pyridine rings is 2. The summed E-state index contributed by atoms with van der Waals surface area (Å²) in [5.41, 5.74) is 8.45. The number of anilines is 1. The number of nitrogens with one attached hydrogen (secondary N) is 3. The van der Waals surface area contributed by atoms with Crippen molar-refractivity contribution in [1.29, 1.82) is 0 Å². The Hall–Kier alpha value is -4.30. The second kappa shape index (κ2) is 10.1. The van der Waals surface area contributed by atoms with Crippen LogP contribution >= 0.6 is 11.3 Å². The van der Waals surface area contributed by atoms with E-state index in [1.807, 2.05) is 12.3 Å². The molecule has 7 rings (SSSR count). The summed E-state index contributed by atoms with van der Waals surface area (Å²) in [6, 6.07) is 14.7. The molecular weight excluding hydrogens is 504 g/mol. The van der Waals surface area contributed by atoms with E-state index in [9.17, 15) is 4.79 Å². The summed E-state index contributed by atoms with van der Waals surface area (Å²) in [4.78, 5) is 25.3. The van der Waals surface area contributed by atoms with Gasteiger partial charge in [0.1, 0.15) is 5.69 Å². The minimum Gasteiger partial charge on any atom is -0.353 e. The van der Waals surface area contributed by atoms with Crippen LogP contribution in [0, 0.1) is 5.92 Å². The largest absolute Gasteiger partial charge is 0.353 e. The third-order valence-corrected chi connectivity index (χ3v) is 8.41. The highest BCUT2D eigenvalue weighted by molar-refractivity contribution is 7.08. The number of amides is 1. The van der Waals surface area contributed by atoms with Crippen LogP contribution in [0.3, 0.4) is 0 Å². The topological polar surface area (TPSA) is 99.3 Å². The molecule has 0 spiro atoms. The maximum atomic E-state index is 12.7. The van der Waals surface area contributed by atoms with Gasteiger partial charge in [0, 0.05) is 46.2 Å². The van der Waals surface area contributed by atoms with Crippen LogP contribution in [0.25, 0.3) is 55.6 Å². The molecule has 1 aliphatic rings. The number of hydrogen-bond donors (Lipinski definition) is 3. The normalized spacial score (nSPS) is 14.3. The first-order valence-corrected chi connectivity index (χ1v) is 14.4. The Morgan fingerprint density at radius 3 is 2.74 bits per heavy atom. The van der Waals surface area contributed by atoms with Crippen LogP contribution in [0.5, 0.6) is 0 Å². The molecule has 5 heterocycles. The molecule has 0 radical (unpaired) electrons. The van der Waals surface area contributed by atoms with Crippen molar-refractivity contribution in [3.63, 3.8) is 0 Å². The van der Waals surface area contributed by atoms with Gasteiger partial charge in [-0.3, -0.25) is 14.9 Å². The van der Waals surface area contributed by atoms with Crippen LogP contribution in [0.15, 0.2) is 71.8 Å². The molecule has 1 amide bonds. The van der Waals surface area contributed by atoms with E-state index in [2.05, 4.69) is 77.6 Å². The summed E-state index contributed by atoms with van der Waals surface area (Å²) >= 11 is 1.70. The quantitative estimate of drug-likeness (QED) is 0.204. The van der Waals surface area contributed by atoms with Gasteiger partial charge >= 0.3 is 0 Å². The number of nitrogens with zero attached hydrogens (tertiary/aromatic N) is 3. The standard InChI is InChI=1S/C31H28N6OS/c38-29(11-19-5-2-1-3-6-19)34-23-12-21(15-32-17-23)22-13-26-30(36-37-31(26)33-16-22)28-14-25-24(20-9-10-39-18-20)7-4-8-27(25)35-28/h4,7-10,12-19,35H,1-3,5-6,11H2,(H,34,38)(H,33,36,37). The lowest BCUT2D eigenvalue weighted by Gasteiger charge is -2.20. The van der Waals surface area contributed by atoms with Crippen molar-refractivity contribution in [3.8, 4) is 33.6 Å². The number of carbonyl (C=O) groups excluding carboxylic acids is 1. The van der Waals surface area contributed by atoms with Gasteiger partial charge in [-0.25, -0.2) is 4.98 Å². The van der Waals surface area contributed by atoms with Crippen LogP contribution in [-0.4, -0.2) is 31.1 Å². The molecule has 1 aromatic carbocycles. The zero-order chi connectivity index (χ0) is 26.2. The Morgan fingerprint density at radius 2 is 1.87 bits per heavy atom. The average molecular weight is 533 g/mol. The van der Waals surface area contributed by atoms with E-state index in [-0.39, 0.29) is 5.91 Å². The van der Waals surface area contributed by atoms with Gasteiger partial charge in [-0.2, -0.15) is 16.4 Å². The minimum atomic E-state index is 0.0622. The monoisotopic (exact) mass is 532 g/mol. The van der Waals surface area contributed by atoms with Crippen molar-refractivity contribution < 1.29 is 4.79 Å². The fourth-order valence-electron chi connectivity index (χ4n) is 5.75. The smallest absolute Gasteiger partial charge is 0.224 e. The van der Waals surface area contributed by atoms with E-state index in [0.29, 0.717) is 18.0 Å². The predicted octanol–water partition coefficient (Wildman–Crippen LogP) is 7.81. The maximum Gasteiger partial charge on any atom is 0.224 e. The number of H-pyrrole nitrogens is 2. The molecule has 39 heavy (non-hydrogen) atoms. The Morgan fingerprint density at radius 1 is 0.974 bits per heavy atom. The molecule has 7 nitrogen and oxygen atoms in total. The highest BCUT2D eigenvalue weighted by Crippen LogP contribution is 2.35. The van der Waals surface area contributed by atoms with E-state index in [1.165, 1.54) is 30.4 Å². The average Bonchev–Trinajstić information content (AvgIpc) is 3.73. The summed E-state index contributed by atoms with van der Waals surface area (Å²) in [5, 5.41) is 17.1. The lowest BCUT2D eigenvalue weighted by molar-refractivity contribution is -0.117. The van der Waals surface area contributed by atoms with Crippen molar-refractivity contribution in [2.45, 2.75) is 38.5 Å². The number of rotatable bonds is 6. The number of fused-ring (bicyclic) bond motifs is 2. The SMILES string of the molecule is O=C(CC1CCCCC1)Nc1cncc(-c2cnc3[nH]nc(-c4cc5c(-c6ccsc6)cccc5[nH]4)c3c2)c1. The Kier molecular flexibility index (Phi) is 6.17. The third-order valence-electron chi connectivity index (χ3n) is 7.72. The Bertz CT molecular complexity index is 1780. The Balaban J connectivity index is 1.19. The summed E-state index contributed by atoms with van der Waals surface area (Å²) in [5.74, 6) is 0.555. The number of aromatic amines is 2. The molecule has 0 aliphatic heterocycles. The molecule has 0 bridgehead atoms. The number of benzene rings is 1. The van der Waals surface area contributed by atoms with E-state index < -0.39 is 0 Å². The van der Waals surface area contributed by atoms with Crippen LogP contribution in [-0.2, 0) is 4.79 Å². The highest BCUT2D eigenvalue weighted by atomic mass is 32.1. The van der Waals surface area contributed by atoms with Crippen molar-refractivity contribution in [2.24, 2.45) is 5.92 Å². The van der Waals surface area contributed by atoms with Crippen molar-refractivity contribution in [3.05, 3.63) is 71.8 Å². The van der Waals surface area contributed by atoms with Crippen molar-refractivity contribution >= 4 is 44.9 Å². The van der Waals surface area contributed by atoms with Gasteiger partial charge in [0.2, 0.25) is 5.91 Å². The van der Waals surface area contributed by atoms with Gasteiger partial charge < -0.3 is 10.3 Å². The molecule has 1 aliphatic carbocycles. The first-order chi connectivity index (χ1) is 19.2. The zero-order valence-electron chi connectivity index (χ0n) is 21.4. The highest BCUT2D eigenvalue weighted by Gasteiger charge is 2.18. The number of thiophene rings is 1. The minimum absolute atomic E-state index is 0.0622. The van der Waals surface area contributed by atoms with E-state index in [0.717, 1.165) is 57.3 Å². The summed E-state index contributed by atoms with van der Waals surface area (Å²) < 4.78 is 0. The molecule has 194 valence electrons. The van der Waals surface area contributed by atoms with E-state index in [4.69, 9.17) is 0 Å². The predicted molar refractivity (Wildman–Crippen MR) is 158 cm³/mol. The molecular formula is C31H28N6OS. The summed E-state index contributed by atoms with van der Waals surface area (Å²) in [6.07, 6.45) is 11.9. The zero-order valence-corrected chi connectivity index (χ0v) is 22.2. The van der Waals surface area contributed by atoms with Crippen LogP contribution in [0.2, 0.25) is 0 Å². The first-order valence-electron chi connectivity index (χ1n) is 13.5. The van der Waals surface area contributed by atoms with E-state index in [1.54, 1.807) is 23.7 Å². The number of carbonyl (C=O) groups is 1.